The second-order valence-electron chi connectivity index (χ2n) is 2.43. The van der Waals surface area contributed by atoms with E-state index in [1.54, 1.807) is 14.2 Å². The maximum atomic E-state index is 5.36. The van der Waals surface area contributed by atoms with Gasteiger partial charge in [0.05, 0.1) is 0 Å². The summed E-state index contributed by atoms with van der Waals surface area (Å²) in [5, 5.41) is 0. The molecule has 0 unspecified atom stereocenters. The zero-order chi connectivity index (χ0) is 9.97. The van der Waals surface area contributed by atoms with E-state index in [9.17, 15) is 0 Å². The van der Waals surface area contributed by atoms with Crippen molar-refractivity contribution in [1.29, 1.82) is 0 Å². The fraction of sp³-hybridized carbons (Fsp3) is 0.250. The summed E-state index contributed by atoms with van der Waals surface area (Å²) in [6, 6.07) is 4.01. The molecule has 6 heteroatoms. The molecule has 0 spiro atoms. The molecule has 0 aliphatic carbocycles. The second-order valence-corrected chi connectivity index (χ2v) is 12.8. The predicted octanol–water partition coefficient (Wildman–Crippen LogP) is 2.22. The van der Waals surface area contributed by atoms with E-state index >= 15 is 0 Å². The number of benzene rings is 1. The van der Waals surface area contributed by atoms with Crippen LogP contribution in [0.1, 0.15) is 0 Å². The van der Waals surface area contributed by atoms with Crippen LogP contribution in [-0.2, 0) is 0 Å². The Morgan fingerprint density at radius 1 is 0.929 bits per heavy atom. The van der Waals surface area contributed by atoms with Crippen molar-refractivity contribution in [3.8, 4) is 11.5 Å². The van der Waals surface area contributed by atoms with Crippen molar-refractivity contribution in [2.75, 3.05) is 14.2 Å². The fourth-order valence-corrected chi connectivity index (χ4v) is 16.5. The van der Waals surface area contributed by atoms with Crippen molar-refractivity contribution in [1.82, 2.24) is 0 Å². The van der Waals surface area contributed by atoms with Crippen LogP contribution in [0.3, 0.4) is 0 Å². The first-order valence-corrected chi connectivity index (χ1v) is 11.7. The molecule has 0 aliphatic rings. The SMILES string of the molecule is COc1ccc(OC)c2[se]ss[se]c12. The van der Waals surface area contributed by atoms with Crippen LogP contribution >= 0.6 is 17.4 Å². The molecule has 1 aromatic heterocycles. The van der Waals surface area contributed by atoms with Gasteiger partial charge in [0.2, 0.25) is 0 Å². The summed E-state index contributed by atoms with van der Waals surface area (Å²) >= 11 is 0.916. The second kappa shape index (κ2) is 4.88. The molecule has 1 heterocycles. The first-order valence-electron chi connectivity index (χ1n) is 3.79. The molecular formula is C8H8O2S2Se2. The van der Waals surface area contributed by atoms with Crippen molar-refractivity contribution >= 4 is 52.7 Å². The van der Waals surface area contributed by atoms with Crippen LogP contribution in [-0.4, -0.2) is 40.9 Å². The Bertz CT molecular complexity index is 422. The van der Waals surface area contributed by atoms with Crippen molar-refractivity contribution in [3.63, 3.8) is 0 Å². The number of fused-ring (bicyclic) bond motifs is 1. The molecule has 0 bridgehead atoms. The molecule has 76 valence electrons. The molecule has 1 aromatic carbocycles. The summed E-state index contributed by atoms with van der Waals surface area (Å²) in [4.78, 5) is 0. The monoisotopic (exact) mass is 360 g/mol. The first-order chi connectivity index (χ1) is 6.86. The van der Waals surface area contributed by atoms with Gasteiger partial charge in [0, 0.05) is 0 Å². The van der Waals surface area contributed by atoms with Crippen LogP contribution in [0.5, 0.6) is 11.5 Å². The minimum atomic E-state index is 0.458. The van der Waals surface area contributed by atoms with Crippen LogP contribution < -0.4 is 9.47 Å². The molecule has 0 saturated heterocycles. The third-order valence-electron chi connectivity index (χ3n) is 1.74. The van der Waals surface area contributed by atoms with Crippen molar-refractivity contribution in [2.24, 2.45) is 0 Å². The van der Waals surface area contributed by atoms with Gasteiger partial charge < -0.3 is 0 Å². The van der Waals surface area contributed by atoms with Gasteiger partial charge in [-0.25, -0.2) is 0 Å². The Balaban J connectivity index is 2.78. The Morgan fingerprint density at radius 2 is 1.36 bits per heavy atom. The standard InChI is InChI=1S/C8H8O2S2Se2/c1-9-5-3-4-6(10-2)8-7(5)13-11-12-14-8/h3-4H,1-2H3. The summed E-state index contributed by atoms with van der Waals surface area (Å²) in [5.41, 5.74) is 0. The number of ether oxygens (including phenoxy) is 2. The molecule has 0 aliphatic heterocycles. The molecule has 0 amide bonds. The quantitative estimate of drug-likeness (QED) is 0.606. The minimum absolute atomic E-state index is 0.458. The van der Waals surface area contributed by atoms with Crippen LogP contribution in [0.25, 0.3) is 8.52 Å². The molecule has 2 aromatic rings. The first kappa shape index (κ1) is 10.8. The molecule has 0 radical (unpaired) electrons. The van der Waals surface area contributed by atoms with E-state index in [0.29, 0.717) is 26.7 Å². The van der Waals surface area contributed by atoms with Gasteiger partial charge in [-0.15, -0.1) is 0 Å². The Morgan fingerprint density at radius 3 is 1.71 bits per heavy atom. The Kier molecular flexibility index (Phi) is 3.77. The van der Waals surface area contributed by atoms with Gasteiger partial charge in [-0.1, -0.05) is 0 Å². The number of hydrogen-bond acceptors (Lipinski definition) is 4. The topological polar surface area (TPSA) is 18.5 Å². The van der Waals surface area contributed by atoms with Crippen LogP contribution in [0.2, 0.25) is 0 Å². The molecule has 2 rings (SSSR count). The van der Waals surface area contributed by atoms with Gasteiger partial charge in [-0.05, 0) is 0 Å². The predicted molar refractivity (Wildman–Crippen MR) is 64.3 cm³/mol. The van der Waals surface area contributed by atoms with Crippen LogP contribution in [0, 0.1) is 0 Å². The van der Waals surface area contributed by atoms with Crippen molar-refractivity contribution in [3.05, 3.63) is 12.1 Å². The van der Waals surface area contributed by atoms with E-state index in [2.05, 4.69) is 0 Å². The molecule has 2 nitrogen and oxygen atoms in total. The van der Waals surface area contributed by atoms with Gasteiger partial charge in [0.15, 0.2) is 0 Å². The summed E-state index contributed by atoms with van der Waals surface area (Å²) in [6.07, 6.45) is 0. The number of methoxy groups -OCH3 is 2. The van der Waals surface area contributed by atoms with Gasteiger partial charge in [-0.3, -0.25) is 0 Å². The fourth-order valence-electron chi connectivity index (χ4n) is 1.10. The van der Waals surface area contributed by atoms with E-state index in [4.69, 9.17) is 9.47 Å². The van der Waals surface area contributed by atoms with E-state index in [1.165, 1.54) is 8.52 Å². The van der Waals surface area contributed by atoms with Gasteiger partial charge in [0.1, 0.15) is 0 Å². The number of rotatable bonds is 2. The van der Waals surface area contributed by atoms with Gasteiger partial charge in [0.25, 0.3) is 0 Å². The third-order valence-corrected chi connectivity index (χ3v) is 16.4. The zero-order valence-corrected chi connectivity index (χ0v) is 12.7. The van der Waals surface area contributed by atoms with Crippen molar-refractivity contribution < 1.29 is 9.47 Å². The molecular weight excluding hydrogens is 350 g/mol. The molecule has 0 atom stereocenters. The summed E-state index contributed by atoms with van der Waals surface area (Å²) in [5.74, 6) is 2.05. The summed E-state index contributed by atoms with van der Waals surface area (Å²) in [7, 11) is 7.38. The normalized spacial score (nSPS) is 10.1. The Hall–Kier alpha value is 0.299. The summed E-state index contributed by atoms with van der Waals surface area (Å²) < 4.78 is 13.5. The average molecular weight is 358 g/mol. The van der Waals surface area contributed by atoms with Gasteiger partial charge in [-0.2, -0.15) is 0 Å². The van der Waals surface area contributed by atoms with Crippen LogP contribution in [0.15, 0.2) is 12.1 Å². The van der Waals surface area contributed by atoms with Gasteiger partial charge >= 0.3 is 100.0 Å². The molecule has 0 fully saturated rings. The van der Waals surface area contributed by atoms with E-state index in [0.717, 1.165) is 11.5 Å². The maximum absolute atomic E-state index is 5.36. The van der Waals surface area contributed by atoms with Crippen LogP contribution in [0.4, 0.5) is 0 Å². The summed E-state index contributed by atoms with van der Waals surface area (Å²) in [6.45, 7) is 0. The van der Waals surface area contributed by atoms with E-state index in [-0.39, 0.29) is 0 Å². The molecule has 14 heavy (non-hydrogen) atoms. The molecule has 0 saturated carbocycles. The van der Waals surface area contributed by atoms with Crippen molar-refractivity contribution in [2.45, 2.75) is 0 Å². The number of hydrogen-bond donors (Lipinski definition) is 0. The molecule has 0 N–H and O–H groups in total. The zero-order valence-electron chi connectivity index (χ0n) is 7.60. The Labute approximate surface area is 99.4 Å². The van der Waals surface area contributed by atoms with E-state index < -0.39 is 0 Å². The third kappa shape index (κ3) is 1.96. The average Bonchev–Trinajstić information content (AvgIpc) is 2.27. The van der Waals surface area contributed by atoms with E-state index in [1.807, 2.05) is 29.6 Å².